The van der Waals surface area contributed by atoms with Gasteiger partial charge in [0, 0.05) is 12.3 Å². The summed E-state index contributed by atoms with van der Waals surface area (Å²) < 4.78 is 0. The Morgan fingerprint density at radius 3 is 2.62 bits per heavy atom. The van der Waals surface area contributed by atoms with E-state index in [2.05, 4.69) is 5.32 Å². The zero-order valence-corrected chi connectivity index (χ0v) is 9.68. The molecule has 0 spiro atoms. The number of halogens is 2. The first kappa shape index (κ1) is 12.8. The summed E-state index contributed by atoms with van der Waals surface area (Å²) in [6, 6.07) is 4.37. The molecule has 6 heteroatoms. The van der Waals surface area contributed by atoms with Gasteiger partial charge >= 0.3 is 5.97 Å². The van der Waals surface area contributed by atoms with Crippen LogP contribution in [0.1, 0.15) is 16.8 Å². The highest BCUT2D eigenvalue weighted by atomic mass is 35.5. The van der Waals surface area contributed by atoms with E-state index in [4.69, 9.17) is 28.3 Å². The largest absolute Gasteiger partial charge is 0.478 e. The number of alkyl halides is 1. The second-order valence-corrected chi connectivity index (χ2v) is 3.74. The summed E-state index contributed by atoms with van der Waals surface area (Å²) in [5, 5.41) is 11.5. The maximum atomic E-state index is 11.3. The smallest absolute Gasteiger partial charge is 0.337 e. The molecule has 1 amide bonds. The summed E-state index contributed by atoms with van der Waals surface area (Å²) >= 11 is 11.2. The number of rotatable bonds is 4. The third-order valence-corrected chi connectivity index (χ3v) is 2.33. The Kier molecular flexibility index (Phi) is 4.58. The number of aromatic carboxylic acids is 1. The highest BCUT2D eigenvalue weighted by Crippen LogP contribution is 2.26. The van der Waals surface area contributed by atoms with Gasteiger partial charge in [0.05, 0.1) is 16.3 Å². The Hall–Kier alpha value is -1.26. The van der Waals surface area contributed by atoms with E-state index < -0.39 is 5.97 Å². The van der Waals surface area contributed by atoms with Crippen molar-refractivity contribution < 1.29 is 14.7 Å². The minimum absolute atomic E-state index is 0.0459. The highest BCUT2D eigenvalue weighted by Gasteiger charge is 2.14. The lowest BCUT2D eigenvalue weighted by Crippen LogP contribution is -2.15. The van der Waals surface area contributed by atoms with E-state index >= 15 is 0 Å². The molecule has 0 saturated carbocycles. The van der Waals surface area contributed by atoms with Crippen LogP contribution >= 0.6 is 23.2 Å². The standard InChI is InChI=1S/C10H9Cl2NO3/c11-5-4-8(14)13-9-6(10(15)16)2-1-3-7(9)12/h1-3H,4-5H2,(H,13,14)(H,15,16). The molecule has 0 atom stereocenters. The average Bonchev–Trinajstić information content (AvgIpc) is 2.21. The number of para-hydroxylation sites is 1. The Labute approximate surface area is 102 Å². The average molecular weight is 262 g/mol. The maximum Gasteiger partial charge on any atom is 0.337 e. The van der Waals surface area contributed by atoms with Gasteiger partial charge in [-0.25, -0.2) is 4.79 Å². The van der Waals surface area contributed by atoms with Crippen LogP contribution in [-0.4, -0.2) is 22.9 Å². The third kappa shape index (κ3) is 3.12. The quantitative estimate of drug-likeness (QED) is 0.819. The zero-order chi connectivity index (χ0) is 12.1. The molecule has 2 N–H and O–H groups in total. The van der Waals surface area contributed by atoms with E-state index in [-0.39, 0.29) is 34.5 Å². The number of carboxylic acids is 1. The molecule has 4 nitrogen and oxygen atoms in total. The SMILES string of the molecule is O=C(CCCl)Nc1c(Cl)cccc1C(=O)O. The summed E-state index contributed by atoms with van der Waals surface area (Å²) in [5.74, 6) is -1.35. The van der Waals surface area contributed by atoms with Gasteiger partial charge in [0.25, 0.3) is 0 Å². The number of nitrogens with one attached hydrogen (secondary N) is 1. The van der Waals surface area contributed by atoms with Gasteiger partial charge in [0.15, 0.2) is 0 Å². The fraction of sp³-hybridized carbons (Fsp3) is 0.200. The Bertz CT molecular complexity index is 421. The minimum atomic E-state index is -1.15. The van der Waals surface area contributed by atoms with Crippen LogP contribution in [0.15, 0.2) is 18.2 Å². The molecule has 1 aromatic carbocycles. The molecule has 0 fully saturated rings. The Morgan fingerprint density at radius 2 is 2.06 bits per heavy atom. The maximum absolute atomic E-state index is 11.3. The summed E-state index contributed by atoms with van der Waals surface area (Å²) in [7, 11) is 0. The first-order chi connectivity index (χ1) is 7.56. The second-order valence-electron chi connectivity index (χ2n) is 2.95. The molecule has 1 aromatic rings. The van der Waals surface area contributed by atoms with E-state index in [1.807, 2.05) is 0 Å². The molecule has 0 aromatic heterocycles. The molecule has 0 heterocycles. The normalized spacial score (nSPS) is 9.88. The van der Waals surface area contributed by atoms with Crippen molar-refractivity contribution >= 4 is 40.8 Å². The van der Waals surface area contributed by atoms with Crippen LogP contribution in [0.2, 0.25) is 5.02 Å². The van der Waals surface area contributed by atoms with Crippen molar-refractivity contribution in [2.45, 2.75) is 6.42 Å². The van der Waals surface area contributed by atoms with Gasteiger partial charge in [-0.15, -0.1) is 11.6 Å². The van der Waals surface area contributed by atoms with E-state index in [9.17, 15) is 9.59 Å². The van der Waals surface area contributed by atoms with Gasteiger partial charge in [-0.2, -0.15) is 0 Å². The number of hydrogen-bond donors (Lipinski definition) is 2. The van der Waals surface area contributed by atoms with Crippen LogP contribution in [0.3, 0.4) is 0 Å². The lowest BCUT2D eigenvalue weighted by molar-refractivity contribution is -0.115. The molecule has 86 valence electrons. The predicted octanol–water partition coefficient (Wildman–Crippen LogP) is 2.61. The topological polar surface area (TPSA) is 66.4 Å². The molecule has 0 aliphatic heterocycles. The molecule has 16 heavy (non-hydrogen) atoms. The molecule has 0 aliphatic rings. The van der Waals surface area contributed by atoms with Gasteiger partial charge in [-0.1, -0.05) is 17.7 Å². The molecular weight excluding hydrogens is 253 g/mol. The van der Waals surface area contributed by atoms with Crippen molar-refractivity contribution in [3.63, 3.8) is 0 Å². The number of amides is 1. The van der Waals surface area contributed by atoms with E-state index in [1.54, 1.807) is 0 Å². The summed E-state index contributed by atoms with van der Waals surface area (Å²) in [6.07, 6.45) is 0.103. The fourth-order valence-electron chi connectivity index (χ4n) is 1.12. The predicted molar refractivity (Wildman–Crippen MR) is 62.4 cm³/mol. The van der Waals surface area contributed by atoms with E-state index in [0.717, 1.165) is 0 Å². The Morgan fingerprint density at radius 1 is 1.38 bits per heavy atom. The van der Waals surface area contributed by atoms with Gasteiger partial charge < -0.3 is 10.4 Å². The second kappa shape index (κ2) is 5.72. The summed E-state index contributed by atoms with van der Waals surface area (Å²) in [4.78, 5) is 22.2. The molecule has 0 unspecified atom stereocenters. The number of hydrogen-bond acceptors (Lipinski definition) is 2. The van der Waals surface area contributed by atoms with Crippen molar-refractivity contribution in [1.29, 1.82) is 0 Å². The number of carboxylic acid groups (broad SMARTS) is 1. The minimum Gasteiger partial charge on any atom is -0.478 e. The summed E-state index contributed by atoms with van der Waals surface area (Å²) in [5.41, 5.74) is 0.0576. The highest BCUT2D eigenvalue weighted by molar-refractivity contribution is 6.34. The molecule has 0 saturated heterocycles. The summed E-state index contributed by atoms with van der Waals surface area (Å²) in [6.45, 7) is 0. The van der Waals surface area contributed by atoms with Crippen molar-refractivity contribution in [3.05, 3.63) is 28.8 Å². The lowest BCUT2D eigenvalue weighted by atomic mass is 10.1. The fourth-order valence-corrected chi connectivity index (χ4v) is 1.51. The van der Waals surface area contributed by atoms with Crippen LogP contribution in [0.5, 0.6) is 0 Å². The molecule has 0 bridgehead atoms. The molecule has 0 aliphatic carbocycles. The zero-order valence-electron chi connectivity index (χ0n) is 8.17. The monoisotopic (exact) mass is 261 g/mol. The van der Waals surface area contributed by atoms with Crippen LogP contribution in [0.25, 0.3) is 0 Å². The van der Waals surface area contributed by atoms with Crippen molar-refractivity contribution in [2.24, 2.45) is 0 Å². The van der Waals surface area contributed by atoms with Crippen LogP contribution in [0.4, 0.5) is 5.69 Å². The van der Waals surface area contributed by atoms with E-state index in [0.29, 0.717) is 0 Å². The van der Waals surface area contributed by atoms with Crippen molar-refractivity contribution in [2.75, 3.05) is 11.2 Å². The van der Waals surface area contributed by atoms with E-state index in [1.165, 1.54) is 18.2 Å². The van der Waals surface area contributed by atoms with Gasteiger partial charge in [0.2, 0.25) is 5.91 Å². The van der Waals surface area contributed by atoms with Crippen LogP contribution < -0.4 is 5.32 Å². The number of anilines is 1. The number of carbonyl (C=O) groups excluding carboxylic acids is 1. The van der Waals surface area contributed by atoms with Crippen molar-refractivity contribution in [1.82, 2.24) is 0 Å². The molecule has 0 radical (unpaired) electrons. The van der Waals surface area contributed by atoms with Crippen LogP contribution in [-0.2, 0) is 4.79 Å². The third-order valence-electron chi connectivity index (χ3n) is 1.83. The Balaban J connectivity index is 3.01. The molecular formula is C10H9Cl2NO3. The van der Waals surface area contributed by atoms with Crippen molar-refractivity contribution in [3.8, 4) is 0 Å². The lowest BCUT2D eigenvalue weighted by Gasteiger charge is -2.09. The molecule has 1 rings (SSSR count). The number of benzene rings is 1. The first-order valence-electron chi connectivity index (χ1n) is 4.44. The van der Waals surface area contributed by atoms with Gasteiger partial charge in [-0.3, -0.25) is 4.79 Å². The first-order valence-corrected chi connectivity index (χ1v) is 5.35. The van der Waals surface area contributed by atoms with Crippen LogP contribution in [0, 0.1) is 0 Å². The number of carbonyl (C=O) groups is 2. The van der Waals surface area contributed by atoms with Gasteiger partial charge in [0.1, 0.15) is 0 Å². The van der Waals surface area contributed by atoms with Gasteiger partial charge in [-0.05, 0) is 12.1 Å².